The Bertz CT molecular complexity index is 780. The van der Waals surface area contributed by atoms with Gasteiger partial charge in [0.05, 0.1) is 17.1 Å². The van der Waals surface area contributed by atoms with Gasteiger partial charge in [0, 0.05) is 12.7 Å². The van der Waals surface area contributed by atoms with Crippen LogP contribution in [0.15, 0.2) is 30.3 Å². The Morgan fingerprint density at radius 3 is 2.92 bits per heavy atom. The van der Waals surface area contributed by atoms with E-state index in [1.54, 1.807) is 25.1 Å². The van der Waals surface area contributed by atoms with Crippen molar-refractivity contribution < 1.29 is 19.2 Å². The minimum absolute atomic E-state index is 0.0629. The van der Waals surface area contributed by atoms with Gasteiger partial charge in [-0.2, -0.15) is 5.10 Å². The third kappa shape index (κ3) is 3.53. The van der Waals surface area contributed by atoms with E-state index in [1.807, 2.05) is 0 Å². The number of nitro benzene ring substituents is 1. The van der Waals surface area contributed by atoms with Crippen LogP contribution in [0.4, 0.5) is 5.69 Å². The maximum atomic E-state index is 12.3. The summed E-state index contributed by atoms with van der Waals surface area (Å²) >= 11 is 0. The molecule has 25 heavy (non-hydrogen) atoms. The van der Waals surface area contributed by atoms with Gasteiger partial charge in [0.25, 0.3) is 5.69 Å². The lowest BCUT2D eigenvalue weighted by Crippen LogP contribution is -2.23. The molecule has 0 radical (unpaired) electrons. The number of benzene rings is 1. The van der Waals surface area contributed by atoms with Crippen molar-refractivity contribution in [1.82, 2.24) is 9.78 Å². The molecule has 1 aliphatic rings. The molecule has 8 nitrogen and oxygen atoms in total. The molecule has 0 spiro atoms. The van der Waals surface area contributed by atoms with Gasteiger partial charge in [0.1, 0.15) is 11.4 Å². The topological polar surface area (TPSA) is 96.5 Å². The Morgan fingerprint density at radius 2 is 2.24 bits per heavy atom. The van der Waals surface area contributed by atoms with Gasteiger partial charge in [0.15, 0.2) is 6.23 Å². The van der Waals surface area contributed by atoms with Gasteiger partial charge in [-0.1, -0.05) is 12.1 Å². The minimum Gasteiger partial charge on any atom is -0.461 e. The fraction of sp³-hybridized carbons (Fsp3) is 0.412. The second-order valence-corrected chi connectivity index (χ2v) is 5.68. The molecule has 0 saturated carbocycles. The van der Waals surface area contributed by atoms with Crippen LogP contribution in [-0.2, 0) is 9.47 Å². The largest absolute Gasteiger partial charge is 0.461 e. The summed E-state index contributed by atoms with van der Waals surface area (Å²) in [5.74, 6) is -0.519. The molecule has 2 aromatic rings. The first kappa shape index (κ1) is 17.1. The fourth-order valence-electron chi connectivity index (χ4n) is 2.87. The third-order valence-corrected chi connectivity index (χ3v) is 4.03. The molecule has 1 aromatic heterocycles. The molecule has 0 aliphatic carbocycles. The summed E-state index contributed by atoms with van der Waals surface area (Å²) < 4.78 is 12.3. The molecule has 132 valence electrons. The SMILES string of the molecule is CCOC(=O)c1cc(-c2ccccc2[N+](=O)[O-])nn1C1CCCCO1. The molecule has 0 amide bonds. The fourth-order valence-corrected chi connectivity index (χ4v) is 2.87. The van der Waals surface area contributed by atoms with Crippen molar-refractivity contribution in [1.29, 1.82) is 0 Å². The summed E-state index contributed by atoms with van der Waals surface area (Å²) in [6.45, 7) is 2.54. The van der Waals surface area contributed by atoms with Crippen LogP contribution in [0, 0.1) is 10.1 Å². The number of hydrogen-bond acceptors (Lipinski definition) is 6. The molecule has 1 unspecified atom stereocenters. The Balaban J connectivity index is 2.07. The summed E-state index contributed by atoms with van der Waals surface area (Å²) in [6.07, 6.45) is 2.28. The summed E-state index contributed by atoms with van der Waals surface area (Å²) in [6, 6.07) is 7.84. The lowest BCUT2D eigenvalue weighted by molar-refractivity contribution is -0.384. The van der Waals surface area contributed by atoms with Crippen molar-refractivity contribution in [3.63, 3.8) is 0 Å². The average molecular weight is 345 g/mol. The number of ether oxygens (including phenoxy) is 2. The van der Waals surface area contributed by atoms with E-state index in [4.69, 9.17) is 9.47 Å². The van der Waals surface area contributed by atoms with Crippen LogP contribution in [0.1, 0.15) is 42.9 Å². The van der Waals surface area contributed by atoms with Crippen LogP contribution in [0.3, 0.4) is 0 Å². The number of para-hydroxylation sites is 1. The Kier molecular flexibility index (Phi) is 5.08. The summed E-state index contributed by atoms with van der Waals surface area (Å²) in [5, 5.41) is 15.7. The highest BCUT2D eigenvalue weighted by Gasteiger charge is 2.27. The summed E-state index contributed by atoms with van der Waals surface area (Å²) in [4.78, 5) is 23.1. The minimum atomic E-state index is -0.519. The first-order chi connectivity index (χ1) is 12.1. The van der Waals surface area contributed by atoms with Crippen molar-refractivity contribution >= 4 is 11.7 Å². The molecule has 1 atom stereocenters. The average Bonchev–Trinajstić information content (AvgIpc) is 3.08. The highest BCUT2D eigenvalue weighted by molar-refractivity contribution is 5.89. The van der Waals surface area contributed by atoms with Gasteiger partial charge < -0.3 is 9.47 Å². The monoisotopic (exact) mass is 345 g/mol. The maximum absolute atomic E-state index is 12.3. The molecule has 3 rings (SSSR count). The smallest absolute Gasteiger partial charge is 0.356 e. The van der Waals surface area contributed by atoms with Crippen molar-refractivity contribution in [2.45, 2.75) is 32.4 Å². The predicted molar refractivity (Wildman–Crippen MR) is 89.1 cm³/mol. The first-order valence-electron chi connectivity index (χ1n) is 8.24. The predicted octanol–water partition coefficient (Wildman–Crippen LogP) is 3.33. The second-order valence-electron chi connectivity index (χ2n) is 5.68. The van der Waals surface area contributed by atoms with Gasteiger partial charge in [-0.05, 0) is 38.3 Å². The molecular formula is C17H19N3O5. The number of esters is 1. The van der Waals surface area contributed by atoms with Crippen LogP contribution in [-0.4, -0.2) is 33.9 Å². The Morgan fingerprint density at radius 1 is 1.44 bits per heavy atom. The number of carbonyl (C=O) groups excluding carboxylic acids is 1. The van der Waals surface area contributed by atoms with E-state index in [1.165, 1.54) is 16.8 Å². The van der Waals surface area contributed by atoms with Crippen LogP contribution in [0.2, 0.25) is 0 Å². The third-order valence-electron chi connectivity index (χ3n) is 4.03. The molecule has 1 saturated heterocycles. The van der Waals surface area contributed by atoms with Crippen LogP contribution < -0.4 is 0 Å². The number of nitro groups is 1. The van der Waals surface area contributed by atoms with Crippen LogP contribution >= 0.6 is 0 Å². The van der Waals surface area contributed by atoms with E-state index < -0.39 is 10.9 Å². The normalized spacial score (nSPS) is 17.2. The molecule has 1 aromatic carbocycles. The molecule has 1 fully saturated rings. The molecule has 8 heteroatoms. The van der Waals surface area contributed by atoms with E-state index in [0.29, 0.717) is 17.9 Å². The van der Waals surface area contributed by atoms with Crippen molar-refractivity contribution in [2.24, 2.45) is 0 Å². The van der Waals surface area contributed by atoms with Gasteiger partial charge in [-0.3, -0.25) is 10.1 Å². The zero-order chi connectivity index (χ0) is 17.8. The molecule has 2 heterocycles. The van der Waals surface area contributed by atoms with E-state index in [9.17, 15) is 14.9 Å². The highest BCUT2D eigenvalue weighted by Crippen LogP contribution is 2.32. The Hall–Kier alpha value is -2.74. The molecular weight excluding hydrogens is 326 g/mol. The van der Waals surface area contributed by atoms with E-state index in [0.717, 1.165) is 19.3 Å². The zero-order valence-corrected chi connectivity index (χ0v) is 13.9. The number of rotatable bonds is 5. The van der Waals surface area contributed by atoms with Gasteiger partial charge in [-0.25, -0.2) is 9.48 Å². The first-order valence-corrected chi connectivity index (χ1v) is 8.24. The number of carbonyl (C=O) groups is 1. The lowest BCUT2D eigenvalue weighted by atomic mass is 10.1. The molecule has 1 aliphatic heterocycles. The van der Waals surface area contributed by atoms with E-state index in [2.05, 4.69) is 5.10 Å². The number of hydrogen-bond donors (Lipinski definition) is 0. The standard InChI is InChI=1S/C17H19N3O5/c1-2-24-17(21)15-11-13(12-7-3-4-8-14(12)20(22)23)18-19(15)16-9-5-6-10-25-16/h3-4,7-8,11,16H,2,5-6,9-10H2,1H3. The van der Waals surface area contributed by atoms with E-state index in [-0.39, 0.29) is 24.2 Å². The van der Waals surface area contributed by atoms with Gasteiger partial charge in [-0.15, -0.1) is 0 Å². The van der Waals surface area contributed by atoms with Crippen LogP contribution in [0.25, 0.3) is 11.3 Å². The molecule has 0 N–H and O–H groups in total. The van der Waals surface area contributed by atoms with Crippen molar-refractivity contribution in [3.05, 3.63) is 46.1 Å². The highest BCUT2D eigenvalue weighted by atomic mass is 16.6. The van der Waals surface area contributed by atoms with E-state index >= 15 is 0 Å². The number of nitrogens with zero attached hydrogens (tertiary/aromatic N) is 3. The van der Waals surface area contributed by atoms with Crippen molar-refractivity contribution in [2.75, 3.05) is 13.2 Å². The maximum Gasteiger partial charge on any atom is 0.356 e. The molecule has 0 bridgehead atoms. The summed E-state index contributed by atoms with van der Waals surface area (Å²) in [5.41, 5.74) is 0.881. The van der Waals surface area contributed by atoms with Crippen molar-refractivity contribution in [3.8, 4) is 11.3 Å². The van der Waals surface area contributed by atoms with Gasteiger partial charge in [0.2, 0.25) is 0 Å². The van der Waals surface area contributed by atoms with Crippen LogP contribution in [0.5, 0.6) is 0 Å². The zero-order valence-electron chi connectivity index (χ0n) is 13.9. The lowest BCUT2D eigenvalue weighted by Gasteiger charge is -2.24. The summed E-state index contributed by atoms with van der Waals surface area (Å²) in [7, 11) is 0. The second kappa shape index (κ2) is 7.43. The Labute approximate surface area is 144 Å². The quantitative estimate of drug-likeness (QED) is 0.468. The number of aromatic nitrogens is 2. The van der Waals surface area contributed by atoms with Gasteiger partial charge >= 0.3 is 5.97 Å².